The average molecular weight is 260 g/mol. The van der Waals surface area contributed by atoms with Crippen LogP contribution in [0.3, 0.4) is 0 Å². The number of benzene rings is 1. The summed E-state index contributed by atoms with van der Waals surface area (Å²) in [7, 11) is 2.01. The molecule has 0 aliphatic carbocycles. The Kier molecular flexibility index (Phi) is 3.35. The van der Waals surface area contributed by atoms with Gasteiger partial charge in [-0.1, -0.05) is 26.8 Å². The van der Waals surface area contributed by atoms with Gasteiger partial charge in [-0.25, -0.2) is 4.98 Å². The lowest BCUT2D eigenvalue weighted by atomic mass is 9.96. The minimum Gasteiger partial charge on any atom is -0.481 e. The molecule has 1 aromatic heterocycles. The number of aryl methyl sites for hydroxylation is 2. The van der Waals surface area contributed by atoms with Gasteiger partial charge in [-0.05, 0) is 24.1 Å². The number of rotatable bonds is 3. The van der Waals surface area contributed by atoms with Crippen molar-refractivity contribution in [3.63, 3.8) is 0 Å². The number of hydrogen-bond acceptors (Lipinski definition) is 2. The second-order valence-corrected chi connectivity index (χ2v) is 5.96. The number of carbonyl (C=O) groups is 1. The Morgan fingerprint density at radius 2 is 2.05 bits per heavy atom. The van der Waals surface area contributed by atoms with E-state index in [1.165, 1.54) is 0 Å². The van der Waals surface area contributed by atoms with Crippen molar-refractivity contribution in [3.8, 4) is 0 Å². The summed E-state index contributed by atoms with van der Waals surface area (Å²) in [6.07, 6.45) is 0.719. The van der Waals surface area contributed by atoms with Gasteiger partial charge in [-0.15, -0.1) is 0 Å². The molecule has 0 aliphatic heterocycles. The Bertz CT molecular complexity index is 621. The predicted molar refractivity (Wildman–Crippen MR) is 75.4 cm³/mol. The van der Waals surface area contributed by atoms with Gasteiger partial charge >= 0.3 is 5.97 Å². The number of imidazole rings is 1. The highest BCUT2D eigenvalue weighted by Gasteiger charge is 2.21. The Morgan fingerprint density at radius 3 is 2.63 bits per heavy atom. The first kappa shape index (κ1) is 13.6. The predicted octanol–water partition coefficient (Wildman–Crippen LogP) is 2.89. The summed E-state index contributed by atoms with van der Waals surface area (Å²) in [5.74, 6) is 0.276. The molecule has 0 radical (unpaired) electrons. The van der Waals surface area contributed by atoms with Crippen molar-refractivity contribution in [2.75, 3.05) is 0 Å². The van der Waals surface area contributed by atoms with Crippen LogP contribution in [0.5, 0.6) is 0 Å². The van der Waals surface area contributed by atoms with Crippen molar-refractivity contribution in [2.24, 2.45) is 7.05 Å². The van der Waals surface area contributed by atoms with Crippen molar-refractivity contribution in [1.82, 2.24) is 9.55 Å². The Labute approximate surface area is 113 Å². The Balaban J connectivity index is 2.43. The number of aliphatic carboxylic acids is 1. The third-order valence-electron chi connectivity index (χ3n) is 3.24. The SMILES string of the molecule is Cn1c(C(C)(C)C)nc2ccc(CCC(=O)O)cc21. The monoisotopic (exact) mass is 260 g/mol. The van der Waals surface area contributed by atoms with E-state index >= 15 is 0 Å². The summed E-state index contributed by atoms with van der Waals surface area (Å²) in [5, 5.41) is 8.74. The Morgan fingerprint density at radius 1 is 1.37 bits per heavy atom. The zero-order valence-corrected chi connectivity index (χ0v) is 11.9. The van der Waals surface area contributed by atoms with Crippen LogP contribution in [0.2, 0.25) is 0 Å². The molecule has 1 N–H and O–H groups in total. The van der Waals surface area contributed by atoms with E-state index in [4.69, 9.17) is 5.11 Å². The number of hydrogen-bond donors (Lipinski definition) is 1. The molecule has 0 amide bonds. The first-order valence-electron chi connectivity index (χ1n) is 6.46. The van der Waals surface area contributed by atoms with E-state index < -0.39 is 5.97 Å². The third kappa shape index (κ3) is 2.78. The van der Waals surface area contributed by atoms with E-state index in [9.17, 15) is 4.79 Å². The second kappa shape index (κ2) is 4.68. The molecule has 2 rings (SSSR count). The molecule has 0 fully saturated rings. The zero-order valence-electron chi connectivity index (χ0n) is 11.9. The third-order valence-corrected chi connectivity index (χ3v) is 3.24. The minimum absolute atomic E-state index is 0.00496. The van der Waals surface area contributed by atoms with E-state index in [-0.39, 0.29) is 11.8 Å². The summed E-state index contributed by atoms with van der Waals surface area (Å²) >= 11 is 0. The summed E-state index contributed by atoms with van der Waals surface area (Å²) in [6, 6.07) is 5.98. The highest BCUT2D eigenvalue weighted by molar-refractivity contribution is 5.77. The van der Waals surface area contributed by atoms with Gasteiger partial charge in [0.2, 0.25) is 0 Å². The maximum atomic E-state index is 10.6. The van der Waals surface area contributed by atoms with Crippen molar-refractivity contribution in [2.45, 2.75) is 39.0 Å². The van der Waals surface area contributed by atoms with Crippen LogP contribution in [0.1, 0.15) is 38.6 Å². The van der Waals surface area contributed by atoms with Gasteiger partial charge in [0.05, 0.1) is 11.0 Å². The molecule has 1 heterocycles. The fraction of sp³-hybridized carbons (Fsp3) is 0.467. The van der Waals surface area contributed by atoms with Crippen molar-refractivity contribution >= 4 is 17.0 Å². The lowest BCUT2D eigenvalue weighted by Crippen LogP contribution is -2.17. The molecule has 0 atom stereocenters. The lowest BCUT2D eigenvalue weighted by molar-refractivity contribution is -0.136. The van der Waals surface area contributed by atoms with Crippen molar-refractivity contribution in [1.29, 1.82) is 0 Å². The van der Waals surface area contributed by atoms with Crippen molar-refractivity contribution in [3.05, 3.63) is 29.6 Å². The standard InChI is InChI=1S/C15H20N2O2/c1-15(2,3)14-16-11-7-5-10(6-8-13(18)19)9-12(11)17(14)4/h5,7,9H,6,8H2,1-4H3,(H,18,19). The molecule has 19 heavy (non-hydrogen) atoms. The number of fused-ring (bicyclic) bond motifs is 1. The normalized spacial score (nSPS) is 12.0. The minimum atomic E-state index is -0.763. The number of aromatic nitrogens is 2. The number of nitrogens with zero attached hydrogens (tertiary/aromatic N) is 2. The quantitative estimate of drug-likeness (QED) is 0.923. The summed E-state index contributed by atoms with van der Waals surface area (Å²) in [4.78, 5) is 15.3. The maximum absolute atomic E-state index is 10.6. The number of carboxylic acid groups (broad SMARTS) is 1. The largest absolute Gasteiger partial charge is 0.481 e. The molecule has 4 heteroatoms. The van der Waals surface area contributed by atoms with E-state index in [2.05, 4.69) is 30.3 Å². The smallest absolute Gasteiger partial charge is 0.303 e. The van der Waals surface area contributed by atoms with Gasteiger partial charge in [0.1, 0.15) is 5.82 Å². The van der Waals surface area contributed by atoms with E-state index in [0.717, 1.165) is 22.4 Å². The fourth-order valence-electron chi connectivity index (χ4n) is 2.31. The molecule has 0 saturated carbocycles. The van der Waals surface area contributed by atoms with Crippen LogP contribution in [0.15, 0.2) is 18.2 Å². The van der Waals surface area contributed by atoms with Crippen LogP contribution >= 0.6 is 0 Å². The highest BCUT2D eigenvalue weighted by Crippen LogP contribution is 2.26. The van der Waals surface area contributed by atoms with Crippen LogP contribution in [-0.4, -0.2) is 20.6 Å². The van der Waals surface area contributed by atoms with E-state index in [0.29, 0.717) is 6.42 Å². The molecular weight excluding hydrogens is 240 g/mol. The molecular formula is C15H20N2O2. The maximum Gasteiger partial charge on any atom is 0.303 e. The Hall–Kier alpha value is -1.84. The molecule has 0 unspecified atom stereocenters. The molecule has 4 nitrogen and oxygen atoms in total. The first-order chi connectivity index (χ1) is 8.79. The van der Waals surface area contributed by atoms with Gasteiger partial charge in [0.15, 0.2) is 0 Å². The average Bonchev–Trinajstić information content (AvgIpc) is 2.64. The highest BCUT2D eigenvalue weighted by atomic mass is 16.4. The van der Waals surface area contributed by atoms with Crippen molar-refractivity contribution < 1.29 is 9.90 Å². The molecule has 0 aliphatic rings. The van der Waals surface area contributed by atoms with Crippen LogP contribution < -0.4 is 0 Å². The molecule has 0 spiro atoms. The fourth-order valence-corrected chi connectivity index (χ4v) is 2.31. The summed E-state index contributed by atoms with van der Waals surface area (Å²) < 4.78 is 2.10. The van der Waals surface area contributed by atoms with Gasteiger partial charge in [0, 0.05) is 18.9 Å². The van der Waals surface area contributed by atoms with Gasteiger partial charge in [-0.2, -0.15) is 0 Å². The first-order valence-corrected chi connectivity index (χ1v) is 6.46. The van der Waals surface area contributed by atoms with Crippen LogP contribution in [-0.2, 0) is 23.7 Å². The molecule has 102 valence electrons. The molecule has 0 bridgehead atoms. The van der Waals surface area contributed by atoms with Crippen LogP contribution in [0.25, 0.3) is 11.0 Å². The molecule has 1 aromatic carbocycles. The van der Waals surface area contributed by atoms with E-state index in [1.807, 2.05) is 25.2 Å². The second-order valence-electron chi connectivity index (χ2n) is 5.96. The van der Waals surface area contributed by atoms with Crippen LogP contribution in [0, 0.1) is 0 Å². The summed E-state index contributed by atoms with van der Waals surface area (Å²) in [5.41, 5.74) is 3.06. The molecule has 2 aromatic rings. The number of carboxylic acids is 1. The van der Waals surface area contributed by atoms with E-state index in [1.54, 1.807) is 0 Å². The van der Waals surface area contributed by atoms with Crippen LogP contribution in [0.4, 0.5) is 0 Å². The molecule has 0 saturated heterocycles. The summed E-state index contributed by atoms with van der Waals surface area (Å²) in [6.45, 7) is 6.42. The zero-order chi connectivity index (χ0) is 14.2. The topological polar surface area (TPSA) is 55.1 Å². The van der Waals surface area contributed by atoms with Gasteiger partial charge < -0.3 is 9.67 Å². The van der Waals surface area contributed by atoms with Gasteiger partial charge in [0.25, 0.3) is 0 Å². The van der Waals surface area contributed by atoms with Gasteiger partial charge in [-0.3, -0.25) is 4.79 Å². The lowest BCUT2D eigenvalue weighted by Gasteiger charge is -2.17.